The maximum atomic E-state index is 12.0. The minimum Gasteiger partial charge on any atom is -0.349 e. The maximum absolute atomic E-state index is 12.0. The fourth-order valence-electron chi connectivity index (χ4n) is 2.77. The third-order valence-corrected chi connectivity index (χ3v) is 4.28. The first kappa shape index (κ1) is 15.5. The molecular formula is C15H30N2O. The smallest absolute Gasteiger partial charge is 0.220 e. The van der Waals surface area contributed by atoms with Crippen LogP contribution in [0.4, 0.5) is 0 Å². The molecule has 1 fully saturated rings. The Hall–Kier alpha value is -0.570. The van der Waals surface area contributed by atoms with E-state index in [2.05, 4.69) is 19.2 Å². The molecule has 1 aliphatic rings. The summed E-state index contributed by atoms with van der Waals surface area (Å²) in [5.41, 5.74) is 5.79. The van der Waals surface area contributed by atoms with Crippen molar-refractivity contribution >= 4 is 5.91 Å². The molecule has 0 radical (unpaired) electrons. The van der Waals surface area contributed by atoms with Gasteiger partial charge in [-0.2, -0.15) is 0 Å². The molecule has 106 valence electrons. The molecule has 0 atom stereocenters. The largest absolute Gasteiger partial charge is 0.349 e. The monoisotopic (exact) mass is 254 g/mol. The van der Waals surface area contributed by atoms with E-state index < -0.39 is 0 Å². The molecule has 1 saturated carbocycles. The Kier molecular flexibility index (Phi) is 6.69. The summed E-state index contributed by atoms with van der Waals surface area (Å²) in [5.74, 6) is 0.984. The van der Waals surface area contributed by atoms with Crippen LogP contribution in [0.3, 0.4) is 0 Å². The minimum atomic E-state index is -0.103. The number of nitrogens with one attached hydrogen (secondary N) is 1. The fraction of sp³-hybridized carbons (Fsp3) is 0.933. The van der Waals surface area contributed by atoms with Gasteiger partial charge in [0.15, 0.2) is 0 Å². The maximum Gasteiger partial charge on any atom is 0.220 e. The molecule has 0 aromatic heterocycles. The number of hydrogen-bond acceptors (Lipinski definition) is 2. The number of carbonyl (C=O) groups is 1. The van der Waals surface area contributed by atoms with Gasteiger partial charge in [0.25, 0.3) is 0 Å². The lowest BCUT2D eigenvalue weighted by Crippen LogP contribution is -2.55. The van der Waals surface area contributed by atoms with Crippen molar-refractivity contribution in [3.8, 4) is 0 Å². The zero-order valence-corrected chi connectivity index (χ0v) is 12.1. The number of nitrogens with two attached hydrogens (primary N) is 1. The van der Waals surface area contributed by atoms with Crippen LogP contribution in [-0.4, -0.2) is 18.0 Å². The molecule has 0 bridgehead atoms. The van der Waals surface area contributed by atoms with Crippen LogP contribution in [0.2, 0.25) is 0 Å². The molecule has 1 amide bonds. The van der Waals surface area contributed by atoms with Crippen LogP contribution in [0.1, 0.15) is 71.6 Å². The van der Waals surface area contributed by atoms with Gasteiger partial charge in [0.2, 0.25) is 5.91 Å². The highest BCUT2D eigenvalue weighted by Gasteiger charge is 2.33. The quantitative estimate of drug-likeness (QED) is 0.686. The first-order valence-electron chi connectivity index (χ1n) is 7.63. The van der Waals surface area contributed by atoms with E-state index in [0.717, 1.165) is 31.6 Å². The van der Waals surface area contributed by atoms with Crippen LogP contribution in [-0.2, 0) is 4.79 Å². The van der Waals surface area contributed by atoms with E-state index in [4.69, 9.17) is 5.73 Å². The summed E-state index contributed by atoms with van der Waals surface area (Å²) in [6.07, 6.45) is 9.75. The first-order valence-corrected chi connectivity index (χ1v) is 7.63. The van der Waals surface area contributed by atoms with Gasteiger partial charge in [-0.25, -0.2) is 0 Å². The molecular weight excluding hydrogens is 224 g/mol. The zero-order valence-electron chi connectivity index (χ0n) is 12.1. The van der Waals surface area contributed by atoms with Crippen molar-refractivity contribution in [1.29, 1.82) is 0 Å². The van der Waals surface area contributed by atoms with Crippen molar-refractivity contribution in [2.45, 2.75) is 77.2 Å². The Bertz CT molecular complexity index is 245. The molecule has 3 heteroatoms. The summed E-state index contributed by atoms with van der Waals surface area (Å²) >= 11 is 0. The van der Waals surface area contributed by atoms with E-state index in [1.54, 1.807) is 0 Å². The highest BCUT2D eigenvalue weighted by molar-refractivity contribution is 5.76. The molecule has 0 heterocycles. The predicted molar refractivity (Wildman–Crippen MR) is 76.3 cm³/mol. The second-order valence-corrected chi connectivity index (χ2v) is 6.03. The lowest BCUT2D eigenvalue weighted by Gasteiger charge is -2.39. The normalized spacial score (nSPS) is 28.1. The summed E-state index contributed by atoms with van der Waals surface area (Å²) < 4.78 is 0. The van der Waals surface area contributed by atoms with Gasteiger partial charge < -0.3 is 11.1 Å². The topological polar surface area (TPSA) is 55.1 Å². The highest BCUT2D eigenvalue weighted by Crippen LogP contribution is 2.31. The Labute approximate surface area is 112 Å². The summed E-state index contributed by atoms with van der Waals surface area (Å²) in [4.78, 5) is 12.0. The number of hydrogen-bond donors (Lipinski definition) is 2. The average Bonchev–Trinajstić information content (AvgIpc) is 2.38. The van der Waals surface area contributed by atoms with Crippen LogP contribution < -0.4 is 11.1 Å². The molecule has 1 rings (SSSR count). The van der Waals surface area contributed by atoms with Gasteiger partial charge in [0, 0.05) is 13.0 Å². The highest BCUT2D eigenvalue weighted by atomic mass is 16.1. The van der Waals surface area contributed by atoms with E-state index >= 15 is 0 Å². The van der Waals surface area contributed by atoms with Crippen LogP contribution in [0.25, 0.3) is 0 Å². The average molecular weight is 254 g/mol. The number of rotatable bonds is 7. The van der Waals surface area contributed by atoms with Gasteiger partial charge >= 0.3 is 0 Å². The molecule has 0 saturated heterocycles. The summed E-state index contributed by atoms with van der Waals surface area (Å²) in [6.45, 7) is 5.06. The second kappa shape index (κ2) is 7.78. The molecule has 0 aliphatic heterocycles. The molecule has 3 N–H and O–H groups in total. The lowest BCUT2D eigenvalue weighted by atomic mass is 9.77. The van der Waals surface area contributed by atoms with Gasteiger partial charge in [-0.05, 0) is 38.0 Å². The zero-order chi connectivity index (χ0) is 13.4. The predicted octanol–water partition coefficient (Wildman–Crippen LogP) is 2.98. The number of amides is 1. The Morgan fingerprint density at radius 1 is 1.28 bits per heavy atom. The van der Waals surface area contributed by atoms with E-state index in [9.17, 15) is 4.79 Å². The molecule has 3 nitrogen and oxygen atoms in total. The van der Waals surface area contributed by atoms with Crippen molar-refractivity contribution in [2.75, 3.05) is 6.54 Å². The molecule has 18 heavy (non-hydrogen) atoms. The lowest BCUT2D eigenvalue weighted by molar-refractivity contribution is -0.123. The summed E-state index contributed by atoms with van der Waals surface area (Å²) in [7, 11) is 0. The standard InChI is InChI=1S/C15H30N2O/c1-3-4-5-6-7-14(18)17-15(12-16)10-8-13(2)9-11-15/h13H,3-12,16H2,1-2H3,(H,17,18). The van der Waals surface area contributed by atoms with Crippen LogP contribution >= 0.6 is 0 Å². The fourth-order valence-corrected chi connectivity index (χ4v) is 2.77. The van der Waals surface area contributed by atoms with Crippen molar-refractivity contribution in [3.05, 3.63) is 0 Å². The molecule has 0 unspecified atom stereocenters. The van der Waals surface area contributed by atoms with Gasteiger partial charge in [-0.15, -0.1) is 0 Å². The van der Waals surface area contributed by atoms with Crippen molar-refractivity contribution < 1.29 is 4.79 Å². The second-order valence-electron chi connectivity index (χ2n) is 6.03. The first-order chi connectivity index (χ1) is 8.62. The Morgan fingerprint density at radius 2 is 1.94 bits per heavy atom. The van der Waals surface area contributed by atoms with Gasteiger partial charge in [-0.1, -0.05) is 33.1 Å². The van der Waals surface area contributed by atoms with E-state index in [-0.39, 0.29) is 11.4 Å². The molecule has 0 spiro atoms. The Morgan fingerprint density at radius 3 is 2.50 bits per heavy atom. The third kappa shape index (κ3) is 4.97. The van der Waals surface area contributed by atoms with Gasteiger partial charge in [0.05, 0.1) is 5.54 Å². The van der Waals surface area contributed by atoms with Crippen molar-refractivity contribution in [3.63, 3.8) is 0 Å². The number of unbranched alkanes of at least 4 members (excludes halogenated alkanes) is 3. The van der Waals surface area contributed by atoms with Gasteiger partial charge in [0.1, 0.15) is 0 Å². The molecule has 0 aromatic rings. The van der Waals surface area contributed by atoms with E-state index in [1.165, 1.54) is 25.7 Å². The minimum absolute atomic E-state index is 0.103. The van der Waals surface area contributed by atoms with E-state index in [0.29, 0.717) is 13.0 Å². The van der Waals surface area contributed by atoms with Gasteiger partial charge in [-0.3, -0.25) is 4.79 Å². The Balaban J connectivity index is 2.31. The number of carbonyl (C=O) groups excluding carboxylic acids is 1. The molecule has 0 aromatic carbocycles. The van der Waals surface area contributed by atoms with E-state index in [1.807, 2.05) is 0 Å². The molecule has 1 aliphatic carbocycles. The summed E-state index contributed by atoms with van der Waals surface area (Å²) in [6, 6.07) is 0. The van der Waals surface area contributed by atoms with Crippen LogP contribution in [0.15, 0.2) is 0 Å². The van der Waals surface area contributed by atoms with Crippen molar-refractivity contribution in [1.82, 2.24) is 5.32 Å². The van der Waals surface area contributed by atoms with Crippen LogP contribution in [0, 0.1) is 5.92 Å². The summed E-state index contributed by atoms with van der Waals surface area (Å²) in [5, 5.41) is 3.22. The third-order valence-electron chi connectivity index (χ3n) is 4.28. The SMILES string of the molecule is CCCCCCC(=O)NC1(CN)CCC(C)CC1. The van der Waals surface area contributed by atoms with Crippen molar-refractivity contribution in [2.24, 2.45) is 11.7 Å². The van der Waals surface area contributed by atoms with Crippen LogP contribution in [0.5, 0.6) is 0 Å².